The molecule has 1 aromatic rings. The SMILES string of the molecule is CNC(C)C(C)c1ccc(C(C)C)cc1. The van der Waals surface area contributed by atoms with Crippen molar-refractivity contribution in [2.45, 2.75) is 45.6 Å². The second-order valence-electron chi connectivity index (χ2n) is 4.69. The lowest BCUT2D eigenvalue weighted by Crippen LogP contribution is -2.27. The Morgan fingerprint density at radius 3 is 1.73 bits per heavy atom. The standard InChI is InChI=1S/C14H23N/c1-10(2)13-6-8-14(9-7-13)11(3)12(4)15-5/h6-12,15H,1-5H3. The fourth-order valence-corrected chi connectivity index (χ4v) is 1.72. The van der Waals surface area contributed by atoms with Gasteiger partial charge in [-0.15, -0.1) is 0 Å². The Morgan fingerprint density at radius 1 is 0.867 bits per heavy atom. The average molecular weight is 205 g/mol. The van der Waals surface area contributed by atoms with Crippen LogP contribution in [0.2, 0.25) is 0 Å². The number of nitrogens with one attached hydrogen (secondary N) is 1. The van der Waals surface area contributed by atoms with Crippen molar-refractivity contribution in [1.29, 1.82) is 0 Å². The fraction of sp³-hybridized carbons (Fsp3) is 0.571. The second kappa shape index (κ2) is 5.32. The Labute approximate surface area is 93.9 Å². The number of likely N-dealkylation sites (N-methyl/N-ethyl adjacent to an activating group) is 1. The molecule has 2 atom stereocenters. The van der Waals surface area contributed by atoms with Gasteiger partial charge in [0.1, 0.15) is 0 Å². The van der Waals surface area contributed by atoms with Gasteiger partial charge in [0.25, 0.3) is 0 Å². The maximum atomic E-state index is 3.30. The van der Waals surface area contributed by atoms with Crippen LogP contribution in [0.25, 0.3) is 0 Å². The normalized spacial score (nSPS) is 15.3. The zero-order chi connectivity index (χ0) is 11.4. The van der Waals surface area contributed by atoms with Crippen LogP contribution in [0.1, 0.15) is 50.7 Å². The topological polar surface area (TPSA) is 12.0 Å². The molecule has 1 heteroatoms. The van der Waals surface area contributed by atoms with Crippen molar-refractivity contribution in [3.8, 4) is 0 Å². The van der Waals surface area contributed by atoms with Gasteiger partial charge in [0.2, 0.25) is 0 Å². The number of benzene rings is 1. The Balaban J connectivity index is 2.79. The summed E-state index contributed by atoms with van der Waals surface area (Å²) < 4.78 is 0. The highest BCUT2D eigenvalue weighted by molar-refractivity contribution is 5.27. The predicted molar refractivity (Wildman–Crippen MR) is 67.5 cm³/mol. The van der Waals surface area contributed by atoms with Crippen LogP contribution in [0.5, 0.6) is 0 Å². The Morgan fingerprint density at radius 2 is 1.33 bits per heavy atom. The molecule has 0 saturated heterocycles. The van der Waals surface area contributed by atoms with Crippen molar-refractivity contribution in [3.63, 3.8) is 0 Å². The molecule has 0 bridgehead atoms. The summed E-state index contributed by atoms with van der Waals surface area (Å²) in [5.74, 6) is 1.19. The molecule has 0 aliphatic rings. The van der Waals surface area contributed by atoms with Gasteiger partial charge in [-0.25, -0.2) is 0 Å². The van der Waals surface area contributed by atoms with Gasteiger partial charge in [-0.2, -0.15) is 0 Å². The van der Waals surface area contributed by atoms with Gasteiger partial charge in [0.05, 0.1) is 0 Å². The summed E-state index contributed by atoms with van der Waals surface area (Å²) in [5, 5.41) is 3.30. The van der Waals surface area contributed by atoms with Crippen molar-refractivity contribution < 1.29 is 0 Å². The molecule has 0 radical (unpaired) electrons. The molecular weight excluding hydrogens is 182 g/mol. The highest BCUT2D eigenvalue weighted by Gasteiger charge is 2.12. The van der Waals surface area contributed by atoms with E-state index in [-0.39, 0.29) is 0 Å². The molecule has 0 amide bonds. The van der Waals surface area contributed by atoms with E-state index < -0.39 is 0 Å². The summed E-state index contributed by atoms with van der Waals surface area (Å²) in [7, 11) is 2.02. The summed E-state index contributed by atoms with van der Waals surface area (Å²) in [5.41, 5.74) is 2.84. The van der Waals surface area contributed by atoms with E-state index in [1.54, 1.807) is 0 Å². The van der Waals surface area contributed by atoms with Crippen LogP contribution in [0.15, 0.2) is 24.3 Å². The Bertz CT molecular complexity index is 287. The number of hydrogen-bond acceptors (Lipinski definition) is 1. The van der Waals surface area contributed by atoms with Crippen LogP contribution < -0.4 is 5.32 Å². The molecule has 0 saturated carbocycles. The molecule has 15 heavy (non-hydrogen) atoms. The minimum atomic E-state index is 0.523. The van der Waals surface area contributed by atoms with E-state index in [0.717, 1.165) is 0 Å². The molecule has 0 aliphatic heterocycles. The smallest absolute Gasteiger partial charge is 0.0102 e. The Hall–Kier alpha value is -0.820. The van der Waals surface area contributed by atoms with E-state index in [1.165, 1.54) is 11.1 Å². The van der Waals surface area contributed by atoms with E-state index in [1.807, 2.05) is 7.05 Å². The van der Waals surface area contributed by atoms with Crippen LogP contribution in [0.3, 0.4) is 0 Å². The van der Waals surface area contributed by atoms with Gasteiger partial charge < -0.3 is 5.32 Å². The predicted octanol–water partition coefficient (Wildman–Crippen LogP) is 3.52. The molecule has 1 N–H and O–H groups in total. The fourth-order valence-electron chi connectivity index (χ4n) is 1.72. The second-order valence-corrected chi connectivity index (χ2v) is 4.69. The maximum Gasteiger partial charge on any atom is 0.0102 e. The van der Waals surface area contributed by atoms with Gasteiger partial charge >= 0.3 is 0 Å². The van der Waals surface area contributed by atoms with E-state index in [2.05, 4.69) is 57.3 Å². The summed E-state index contributed by atoms with van der Waals surface area (Å²) >= 11 is 0. The molecule has 1 rings (SSSR count). The van der Waals surface area contributed by atoms with Gasteiger partial charge in [0.15, 0.2) is 0 Å². The van der Waals surface area contributed by atoms with E-state index in [0.29, 0.717) is 17.9 Å². The van der Waals surface area contributed by atoms with E-state index >= 15 is 0 Å². The molecule has 2 unspecified atom stereocenters. The van der Waals surface area contributed by atoms with Crippen molar-refractivity contribution >= 4 is 0 Å². The monoisotopic (exact) mass is 205 g/mol. The molecule has 1 nitrogen and oxygen atoms in total. The summed E-state index contributed by atoms with van der Waals surface area (Å²) in [6, 6.07) is 9.54. The number of rotatable bonds is 4. The number of hydrogen-bond donors (Lipinski definition) is 1. The van der Waals surface area contributed by atoms with Crippen LogP contribution in [0, 0.1) is 0 Å². The highest BCUT2D eigenvalue weighted by atomic mass is 14.9. The van der Waals surface area contributed by atoms with Gasteiger partial charge in [0, 0.05) is 6.04 Å². The third-order valence-electron chi connectivity index (χ3n) is 3.33. The zero-order valence-electron chi connectivity index (χ0n) is 10.5. The molecule has 0 aliphatic carbocycles. The van der Waals surface area contributed by atoms with Crippen LogP contribution >= 0.6 is 0 Å². The first-order valence-electron chi connectivity index (χ1n) is 5.83. The van der Waals surface area contributed by atoms with E-state index in [9.17, 15) is 0 Å². The van der Waals surface area contributed by atoms with Crippen LogP contribution in [-0.4, -0.2) is 13.1 Å². The average Bonchev–Trinajstić information content (AvgIpc) is 2.27. The van der Waals surface area contributed by atoms with Crippen LogP contribution in [-0.2, 0) is 0 Å². The van der Waals surface area contributed by atoms with Gasteiger partial charge in [-0.3, -0.25) is 0 Å². The van der Waals surface area contributed by atoms with Crippen molar-refractivity contribution in [3.05, 3.63) is 35.4 Å². The first-order chi connectivity index (χ1) is 7.06. The quantitative estimate of drug-likeness (QED) is 0.793. The molecule has 0 heterocycles. The third-order valence-corrected chi connectivity index (χ3v) is 3.33. The molecular formula is C14H23N. The zero-order valence-corrected chi connectivity index (χ0v) is 10.5. The van der Waals surface area contributed by atoms with Crippen molar-refractivity contribution in [2.75, 3.05) is 7.05 Å². The summed E-state index contributed by atoms with van der Waals surface area (Å²) in [6.45, 7) is 8.95. The Kier molecular flexibility index (Phi) is 4.34. The first-order valence-corrected chi connectivity index (χ1v) is 5.83. The molecule has 0 fully saturated rings. The van der Waals surface area contributed by atoms with Crippen molar-refractivity contribution in [2.24, 2.45) is 0 Å². The lowest BCUT2D eigenvalue weighted by molar-refractivity contribution is 0.524. The highest BCUT2D eigenvalue weighted by Crippen LogP contribution is 2.21. The minimum absolute atomic E-state index is 0.523. The van der Waals surface area contributed by atoms with Crippen LogP contribution in [0.4, 0.5) is 0 Å². The first kappa shape index (κ1) is 12.3. The third kappa shape index (κ3) is 3.07. The molecule has 84 valence electrons. The van der Waals surface area contributed by atoms with E-state index in [4.69, 9.17) is 0 Å². The van der Waals surface area contributed by atoms with Crippen molar-refractivity contribution in [1.82, 2.24) is 5.32 Å². The maximum absolute atomic E-state index is 3.30. The largest absolute Gasteiger partial charge is 0.317 e. The lowest BCUT2D eigenvalue weighted by atomic mass is 9.92. The van der Waals surface area contributed by atoms with Gasteiger partial charge in [-0.1, -0.05) is 45.0 Å². The minimum Gasteiger partial charge on any atom is -0.317 e. The lowest BCUT2D eigenvalue weighted by Gasteiger charge is -2.20. The molecule has 1 aromatic carbocycles. The summed E-state index contributed by atoms with van der Waals surface area (Å²) in [4.78, 5) is 0. The van der Waals surface area contributed by atoms with Gasteiger partial charge in [-0.05, 0) is 36.9 Å². The molecule has 0 spiro atoms. The summed E-state index contributed by atoms with van der Waals surface area (Å²) in [6.07, 6.45) is 0. The molecule has 0 aromatic heterocycles.